The van der Waals surface area contributed by atoms with Crippen LogP contribution in [-0.4, -0.2) is 17.6 Å². The lowest BCUT2D eigenvalue weighted by molar-refractivity contribution is -0.142. The maximum absolute atomic E-state index is 12.6. The van der Waals surface area contributed by atoms with Gasteiger partial charge in [0.1, 0.15) is 6.10 Å². The topological polar surface area (TPSA) is 51.2 Å². The highest BCUT2D eigenvalue weighted by atomic mass is 19.4. The minimum absolute atomic E-state index is 0.0214. The molecular weight excluding hydrogens is 225 g/mol. The molecule has 7 heteroatoms. The number of ether oxygens (including phenoxy) is 1. The fourth-order valence-corrected chi connectivity index (χ4v) is 1.48. The number of rotatable bonds is 1. The quantitative estimate of drug-likeness (QED) is 0.804. The van der Waals surface area contributed by atoms with Gasteiger partial charge in [0.15, 0.2) is 5.69 Å². The van der Waals surface area contributed by atoms with Crippen LogP contribution in [0.3, 0.4) is 0 Å². The van der Waals surface area contributed by atoms with E-state index in [0.717, 1.165) is 6.20 Å². The van der Waals surface area contributed by atoms with E-state index in [0.29, 0.717) is 0 Å². The summed E-state index contributed by atoms with van der Waals surface area (Å²) in [7, 11) is 0. The third kappa shape index (κ3) is 1.93. The Bertz CT molecular complexity index is 419. The van der Waals surface area contributed by atoms with Crippen LogP contribution in [-0.2, 0) is 10.9 Å². The van der Waals surface area contributed by atoms with E-state index in [1.165, 1.54) is 12.1 Å². The smallest absolute Gasteiger partial charge is 0.433 e. The number of nitrogens with zero attached hydrogens (tertiary/aromatic N) is 1. The molecule has 0 saturated carbocycles. The Morgan fingerprint density at radius 3 is 2.81 bits per heavy atom. The zero-order valence-electron chi connectivity index (χ0n) is 7.91. The van der Waals surface area contributed by atoms with Crippen LogP contribution >= 0.6 is 0 Å². The second-order valence-electron chi connectivity index (χ2n) is 3.21. The summed E-state index contributed by atoms with van der Waals surface area (Å²) >= 11 is 0. The number of carbonyl (C=O) groups excluding carboxylic acids is 1. The van der Waals surface area contributed by atoms with E-state index in [1.807, 2.05) is 0 Å². The average molecular weight is 232 g/mol. The molecule has 1 fully saturated rings. The van der Waals surface area contributed by atoms with Crippen LogP contribution in [0, 0.1) is 0 Å². The van der Waals surface area contributed by atoms with Crippen molar-refractivity contribution in [1.82, 2.24) is 10.3 Å². The Kier molecular flexibility index (Phi) is 2.45. The molecule has 0 aliphatic carbocycles. The molecule has 0 bridgehead atoms. The van der Waals surface area contributed by atoms with E-state index in [-0.39, 0.29) is 12.1 Å². The molecule has 16 heavy (non-hydrogen) atoms. The van der Waals surface area contributed by atoms with Gasteiger partial charge >= 0.3 is 12.3 Å². The number of pyridine rings is 1. The Labute approximate surface area is 88.4 Å². The molecule has 1 amide bonds. The van der Waals surface area contributed by atoms with E-state index in [1.54, 1.807) is 0 Å². The van der Waals surface area contributed by atoms with Crippen molar-refractivity contribution in [1.29, 1.82) is 0 Å². The molecule has 2 rings (SSSR count). The van der Waals surface area contributed by atoms with Crippen LogP contribution in [0.2, 0.25) is 0 Å². The SMILES string of the molecule is O=C1NCC(c2cccnc2C(F)(F)F)O1. The zero-order valence-corrected chi connectivity index (χ0v) is 7.91. The molecule has 1 saturated heterocycles. The number of alkyl carbamates (subject to hydrolysis) is 1. The summed E-state index contributed by atoms with van der Waals surface area (Å²) in [5.41, 5.74) is -1.15. The van der Waals surface area contributed by atoms with Gasteiger partial charge in [0.25, 0.3) is 0 Å². The molecule has 0 spiro atoms. The van der Waals surface area contributed by atoms with Crippen LogP contribution in [0.5, 0.6) is 0 Å². The van der Waals surface area contributed by atoms with Crippen molar-refractivity contribution in [2.45, 2.75) is 12.3 Å². The molecule has 4 nitrogen and oxygen atoms in total. The number of hydrogen-bond acceptors (Lipinski definition) is 3. The van der Waals surface area contributed by atoms with Crippen molar-refractivity contribution in [3.63, 3.8) is 0 Å². The highest BCUT2D eigenvalue weighted by Crippen LogP contribution is 2.34. The summed E-state index contributed by atoms with van der Waals surface area (Å²) in [4.78, 5) is 14.0. The van der Waals surface area contributed by atoms with Crippen LogP contribution in [0.25, 0.3) is 0 Å². The lowest BCUT2D eigenvalue weighted by Gasteiger charge is -2.14. The van der Waals surface area contributed by atoms with Crippen LogP contribution < -0.4 is 5.32 Å². The number of hydrogen-bond donors (Lipinski definition) is 1. The molecule has 1 aromatic heterocycles. The molecule has 86 valence electrons. The molecule has 1 unspecified atom stereocenters. The van der Waals surface area contributed by atoms with Gasteiger partial charge in [-0.25, -0.2) is 4.79 Å². The predicted octanol–water partition coefficient (Wildman–Crippen LogP) is 1.88. The van der Waals surface area contributed by atoms with Gasteiger partial charge in [-0.3, -0.25) is 4.98 Å². The number of alkyl halides is 3. The van der Waals surface area contributed by atoms with Gasteiger partial charge in [-0.1, -0.05) is 6.07 Å². The highest BCUT2D eigenvalue weighted by Gasteiger charge is 2.39. The first kappa shape index (κ1) is 10.7. The monoisotopic (exact) mass is 232 g/mol. The van der Waals surface area contributed by atoms with Gasteiger partial charge < -0.3 is 10.1 Å². The summed E-state index contributed by atoms with van der Waals surface area (Å²) in [6, 6.07) is 2.62. The average Bonchev–Trinajstić information content (AvgIpc) is 2.64. The van der Waals surface area contributed by atoms with Gasteiger partial charge in [-0.05, 0) is 6.07 Å². The Morgan fingerprint density at radius 2 is 2.25 bits per heavy atom. The van der Waals surface area contributed by atoms with Gasteiger partial charge in [0, 0.05) is 11.8 Å². The van der Waals surface area contributed by atoms with E-state index in [4.69, 9.17) is 4.74 Å². The molecule has 1 aliphatic heterocycles. The lowest BCUT2D eigenvalue weighted by Crippen LogP contribution is -2.16. The second kappa shape index (κ2) is 3.66. The number of halogens is 3. The molecule has 1 aromatic rings. The number of nitrogens with one attached hydrogen (secondary N) is 1. The molecule has 1 atom stereocenters. The van der Waals surface area contributed by atoms with E-state index >= 15 is 0 Å². The van der Waals surface area contributed by atoms with E-state index in [9.17, 15) is 18.0 Å². The first-order valence-electron chi connectivity index (χ1n) is 4.45. The first-order valence-corrected chi connectivity index (χ1v) is 4.45. The predicted molar refractivity (Wildman–Crippen MR) is 46.5 cm³/mol. The molecule has 1 aliphatic rings. The van der Waals surface area contributed by atoms with Crippen LogP contribution in [0.1, 0.15) is 17.4 Å². The Hall–Kier alpha value is -1.79. The third-order valence-electron chi connectivity index (χ3n) is 2.14. The van der Waals surface area contributed by atoms with Gasteiger partial charge in [-0.15, -0.1) is 0 Å². The van der Waals surface area contributed by atoms with Crippen molar-refractivity contribution in [3.8, 4) is 0 Å². The molecule has 2 heterocycles. The van der Waals surface area contributed by atoms with Crippen LogP contribution in [0.4, 0.5) is 18.0 Å². The summed E-state index contributed by atoms with van der Waals surface area (Å²) in [5, 5.41) is 2.29. The number of amides is 1. The zero-order chi connectivity index (χ0) is 11.8. The second-order valence-corrected chi connectivity index (χ2v) is 3.21. The first-order chi connectivity index (χ1) is 7.48. The fourth-order valence-electron chi connectivity index (χ4n) is 1.48. The third-order valence-corrected chi connectivity index (χ3v) is 2.14. The summed E-state index contributed by atoms with van der Waals surface area (Å²) < 4.78 is 42.4. The summed E-state index contributed by atoms with van der Waals surface area (Å²) in [6.45, 7) is 0.0214. The molecule has 0 aromatic carbocycles. The maximum atomic E-state index is 12.6. The van der Waals surface area contributed by atoms with Crippen molar-refractivity contribution < 1.29 is 22.7 Å². The number of aromatic nitrogens is 1. The minimum atomic E-state index is -4.55. The minimum Gasteiger partial charge on any atom is -0.439 e. The number of carbonyl (C=O) groups is 1. The van der Waals surface area contributed by atoms with Gasteiger partial charge in [0.2, 0.25) is 0 Å². The van der Waals surface area contributed by atoms with Crippen molar-refractivity contribution in [3.05, 3.63) is 29.6 Å². The number of cyclic esters (lactones) is 1. The van der Waals surface area contributed by atoms with Crippen molar-refractivity contribution >= 4 is 6.09 Å². The van der Waals surface area contributed by atoms with Crippen molar-refractivity contribution in [2.24, 2.45) is 0 Å². The molecular formula is C9H7F3N2O2. The largest absolute Gasteiger partial charge is 0.439 e. The van der Waals surface area contributed by atoms with Crippen LogP contribution in [0.15, 0.2) is 18.3 Å². The van der Waals surface area contributed by atoms with Crippen molar-refractivity contribution in [2.75, 3.05) is 6.54 Å². The summed E-state index contributed by atoms with van der Waals surface area (Å²) in [5.74, 6) is 0. The lowest BCUT2D eigenvalue weighted by atomic mass is 10.1. The summed E-state index contributed by atoms with van der Waals surface area (Å²) in [6.07, 6.45) is -5.15. The highest BCUT2D eigenvalue weighted by molar-refractivity contribution is 5.69. The molecule has 0 radical (unpaired) electrons. The van der Waals surface area contributed by atoms with E-state index < -0.39 is 24.1 Å². The Morgan fingerprint density at radius 1 is 1.50 bits per heavy atom. The maximum Gasteiger partial charge on any atom is 0.433 e. The standard InChI is InChI=1S/C9H7F3N2O2/c10-9(11,12)7-5(2-1-3-13-7)6-4-14-8(15)16-6/h1-3,6H,4H2,(H,14,15). The molecule has 1 N–H and O–H groups in total. The normalized spacial score (nSPS) is 20.4. The fraction of sp³-hybridized carbons (Fsp3) is 0.333. The van der Waals surface area contributed by atoms with Gasteiger partial charge in [0.05, 0.1) is 6.54 Å². The Balaban J connectivity index is 2.37. The van der Waals surface area contributed by atoms with Gasteiger partial charge in [-0.2, -0.15) is 13.2 Å². The van der Waals surface area contributed by atoms with E-state index in [2.05, 4.69) is 10.3 Å².